The zero-order valence-corrected chi connectivity index (χ0v) is 15.4. The first kappa shape index (κ1) is 20.9. The molecular formula is C17H34O5S. The predicted molar refractivity (Wildman–Crippen MR) is 91.9 cm³/mol. The summed E-state index contributed by atoms with van der Waals surface area (Å²) in [5.74, 6) is 0. The third-order valence-corrected chi connectivity index (χ3v) is 4.96. The zero-order valence-electron chi connectivity index (χ0n) is 14.5. The van der Waals surface area contributed by atoms with Crippen molar-refractivity contribution in [3.63, 3.8) is 0 Å². The van der Waals surface area contributed by atoms with Gasteiger partial charge < -0.3 is 4.74 Å². The van der Waals surface area contributed by atoms with E-state index in [9.17, 15) is 8.42 Å². The molecule has 138 valence electrons. The molecule has 1 heterocycles. The van der Waals surface area contributed by atoms with E-state index < -0.39 is 16.5 Å². The molecule has 23 heavy (non-hydrogen) atoms. The van der Waals surface area contributed by atoms with Crippen molar-refractivity contribution in [2.24, 2.45) is 0 Å². The quantitative estimate of drug-likeness (QED) is 0.364. The monoisotopic (exact) mass is 350 g/mol. The van der Waals surface area contributed by atoms with Crippen LogP contribution < -0.4 is 0 Å². The Balaban J connectivity index is 2.08. The van der Waals surface area contributed by atoms with E-state index >= 15 is 0 Å². The van der Waals surface area contributed by atoms with E-state index in [0.717, 1.165) is 25.7 Å². The van der Waals surface area contributed by atoms with Gasteiger partial charge in [0.25, 0.3) is 0 Å². The maximum absolute atomic E-state index is 11.0. The second kappa shape index (κ2) is 12.2. The zero-order chi connectivity index (χ0) is 17.0. The third kappa shape index (κ3) is 11.1. The highest BCUT2D eigenvalue weighted by molar-refractivity contribution is 7.80. The summed E-state index contributed by atoms with van der Waals surface area (Å²) in [6.45, 7) is 2.88. The van der Waals surface area contributed by atoms with Crippen molar-refractivity contribution in [1.29, 1.82) is 0 Å². The largest absolute Gasteiger partial charge is 0.397 e. The molecule has 1 N–H and O–H groups in total. The summed E-state index contributed by atoms with van der Waals surface area (Å²) in [5.41, 5.74) is 0. The van der Waals surface area contributed by atoms with Crippen LogP contribution in [0.5, 0.6) is 0 Å². The molecule has 0 aromatic heterocycles. The van der Waals surface area contributed by atoms with Gasteiger partial charge in [-0.1, -0.05) is 71.1 Å². The van der Waals surface area contributed by atoms with Gasteiger partial charge in [0, 0.05) is 6.61 Å². The molecule has 0 radical (unpaired) electrons. The molecule has 1 aliphatic heterocycles. The lowest BCUT2D eigenvalue weighted by atomic mass is 10.0. The molecule has 0 spiro atoms. The highest BCUT2D eigenvalue weighted by Crippen LogP contribution is 2.23. The molecule has 1 fully saturated rings. The topological polar surface area (TPSA) is 72.8 Å². The van der Waals surface area contributed by atoms with E-state index in [1.165, 1.54) is 51.4 Å². The van der Waals surface area contributed by atoms with Gasteiger partial charge in [-0.15, -0.1) is 0 Å². The number of hydrogen-bond donors (Lipinski definition) is 1. The normalized spacial score (nSPS) is 20.0. The maximum atomic E-state index is 11.0. The molecule has 1 saturated heterocycles. The number of rotatable bonds is 14. The van der Waals surface area contributed by atoms with Gasteiger partial charge in [0.1, 0.15) is 6.10 Å². The lowest BCUT2D eigenvalue weighted by molar-refractivity contribution is 0.00526. The van der Waals surface area contributed by atoms with E-state index in [4.69, 9.17) is 13.5 Å². The highest BCUT2D eigenvalue weighted by Gasteiger charge is 2.29. The molecule has 0 amide bonds. The van der Waals surface area contributed by atoms with Crippen LogP contribution in [0.3, 0.4) is 0 Å². The number of hydrogen-bond acceptors (Lipinski definition) is 4. The van der Waals surface area contributed by atoms with Crippen LogP contribution in [-0.4, -0.2) is 31.8 Å². The van der Waals surface area contributed by atoms with Crippen LogP contribution in [0.1, 0.15) is 90.4 Å². The van der Waals surface area contributed by atoms with E-state index in [1.54, 1.807) is 0 Å². The van der Waals surface area contributed by atoms with Crippen molar-refractivity contribution < 1.29 is 21.9 Å². The molecule has 2 atom stereocenters. The molecule has 0 bridgehead atoms. The molecule has 2 unspecified atom stereocenters. The van der Waals surface area contributed by atoms with Crippen LogP contribution in [0.15, 0.2) is 0 Å². The summed E-state index contributed by atoms with van der Waals surface area (Å²) in [5, 5.41) is 0. The molecule has 1 rings (SSSR count). The second-order valence-electron chi connectivity index (χ2n) is 6.58. The van der Waals surface area contributed by atoms with Crippen molar-refractivity contribution in [2.75, 3.05) is 6.61 Å². The van der Waals surface area contributed by atoms with E-state index in [1.807, 2.05) is 0 Å². The Hall–Kier alpha value is -0.170. The van der Waals surface area contributed by atoms with Gasteiger partial charge in [-0.3, -0.25) is 4.55 Å². The highest BCUT2D eigenvalue weighted by atomic mass is 32.3. The van der Waals surface area contributed by atoms with Gasteiger partial charge in [0.05, 0.1) is 6.10 Å². The molecule has 1 aliphatic rings. The minimum atomic E-state index is -4.40. The van der Waals surface area contributed by atoms with Crippen LogP contribution in [0.2, 0.25) is 0 Å². The summed E-state index contributed by atoms with van der Waals surface area (Å²) in [4.78, 5) is 0. The smallest absolute Gasteiger partial charge is 0.375 e. The van der Waals surface area contributed by atoms with Crippen molar-refractivity contribution in [3.8, 4) is 0 Å². The van der Waals surface area contributed by atoms with Gasteiger partial charge in [-0.05, 0) is 19.3 Å². The third-order valence-electron chi connectivity index (χ3n) is 4.47. The molecule has 0 aliphatic carbocycles. The Kier molecular flexibility index (Phi) is 11.1. The summed E-state index contributed by atoms with van der Waals surface area (Å²) in [6.07, 6.45) is 14.0. The average Bonchev–Trinajstić information content (AvgIpc) is 3.01. The fraction of sp³-hybridized carbons (Fsp3) is 1.00. The molecule has 5 nitrogen and oxygen atoms in total. The van der Waals surface area contributed by atoms with E-state index in [0.29, 0.717) is 13.0 Å². The first-order chi connectivity index (χ1) is 11.0. The average molecular weight is 351 g/mol. The lowest BCUT2D eigenvalue weighted by Crippen LogP contribution is -2.30. The van der Waals surface area contributed by atoms with Crippen LogP contribution in [0.25, 0.3) is 0 Å². The van der Waals surface area contributed by atoms with Crippen LogP contribution >= 0.6 is 0 Å². The van der Waals surface area contributed by atoms with Crippen molar-refractivity contribution in [1.82, 2.24) is 0 Å². The van der Waals surface area contributed by atoms with Crippen LogP contribution in [-0.2, 0) is 19.3 Å². The summed E-state index contributed by atoms with van der Waals surface area (Å²) < 4.78 is 41.1. The van der Waals surface area contributed by atoms with Crippen molar-refractivity contribution in [2.45, 2.75) is 103 Å². The Morgan fingerprint density at radius 3 is 2.09 bits per heavy atom. The van der Waals surface area contributed by atoms with Crippen LogP contribution in [0, 0.1) is 0 Å². The number of unbranched alkanes of at least 4 members (excludes halogenated alkanes) is 9. The summed E-state index contributed by atoms with van der Waals surface area (Å²) >= 11 is 0. The Labute approximate surface area is 142 Å². The second-order valence-corrected chi connectivity index (χ2v) is 7.63. The van der Waals surface area contributed by atoms with Gasteiger partial charge in [0.15, 0.2) is 0 Å². The standard InChI is InChI=1S/C17H34O5S/c1-2-3-4-5-6-7-8-9-10-11-13-17(22-23(18,19)20)16-14-12-15-21-16/h16-17H,2-15H2,1H3,(H,18,19,20). The van der Waals surface area contributed by atoms with Crippen LogP contribution in [0.4, 0.5) is 0 Å². The van der Waals surface area contributed by atoms with Gasteiger partial charge in [-0.2, -0.15) is 8.42 Å². The minimum absolute atomic E-state index is 0.199. The molecule has 0 aromatic carbocycles. The molecular weight excluding hydrogens is 316 g/mol. The van der Waals surface area contributed by atoms with Gasteiger partial charge >= 0.3 is 10.4 Å². The van der Waals surface area contributed by atoms with Gasteiger partial charge in [0.2, 0.25) is 0 Å². The van der Waals surface area contributed by atoms with E-state index in [2.05, 4.69) is 6.92 Å². The summed E-state index contributed by atoms with van der Waals surface area (Å²) in [6, 6.07) is 0. The Bertz CT molecular complexity index is 376. The van der Waals surface area contributed by atoms with Gasteiger partial charge in [-0.25, -0.2) is 4.18 Å². The van der Waals surface area contributed by atoms with Crippen molar-refractivity contribution in [3.05, 3.63) is 0 Å². The fourth-order valence-electron chi connectivity index (χ4n) is 3.18. The SMILES string of the molecule is CCCCCCCCCCCCC(OS(=O)(=O)O)C1CCCO1. The molecule has 6 heteroatoms. The molecule has 0 saturated carbocycles. The first-order valence-corrected chi connectivity index (χ1v) is 10.7. The number of ether oxygens (including phenoxy) is 1. The Morgan fingerprint density at radius 2 is 1.61 bits per heavy atom. The Morgan fingerprint density at radius 1 is 1.04 bits per heavy atom. The lowest BCUT2D eigenvalue weighted by Gasteiger charge is -2.21. The summed E-state index contributed by atoms with van der Waals surface area (Å²) in [7, 11) is -4.40. The minimum Gasteiger partial charge on any atom is -0.375 e. The fourth-order valence-corrected chi connectivity index (χ4v) is 3.71. The van der Waals surface area contributed by atoms with Crippen molar-refractivity contribution >= 4 is 10.4 Å². The van der Waals surface area contributed by atoms with E-state index in [-0.39, 0.29) is 6.10 Å². The first-order valence-electron chi connectivity index (χ1n) is 9.30. The predicted octanol–water partition coefficient (Wildman–Crippen LogP) is 4.66. The molecule has 0 aromatic rings. The maximum Gasteiger partial charge on any atom is 0.397 e.